The lowest BCUT2D eigenvalue weighted by Gasteiger charge is -2.24. The molecule has 0 unspecified atom stereocenters. The van der Waals surface area contributed by atoms with Crippen LogP contribution in [-0.4, -0.2) is 47.7 Å². The Bertz CT molecular complexity index is 2070. The van der Waals surface area contributed by atoms with Crippen molar-refractivity contribution in [3.8, 4) is 0 Å². The summed E-state index contributed by atoms with van der Waals surface area (Å²) in [6, 6.07) is 39.5. The van der Waals surface area contributed by atoms with Gasteiger partial charge in [-0.1, -0.05) is 91.0 Å². The van der Waals surface area contributed by atoms with Gasteiger partial charge >= 0.3 is 17.9 Å². The second-order valence-electron chi connectivity index (χ2n) is 11.0. The van der Waals surface area contributed by atoms with Gasteiger partial charge in [0.15, 0.2) is 6.10 Å². The number of benzene rings is 6. The summed E-state index contributed by atoms with van der Waals surface area (Å²) >= 11 is 1.45. The van der Waals surface area contributed by atoms with Crippen molar-refractivity contribution in [2.45, 2.75) is 17.5 Å². The van der Waals surface area contributed by atoms with Crippen molar-refractivity contribution in [1.29, 1.82) is 0 Å². The van der Waals surface area contributed by atoms with Crippen LogP contribution in [0.15, 0.2) is 127 Å². The molecular formula is C38H28O6S. The molecule has 3 atom stereocenters. The molecule has 0 saturated carbocycles. The van der Waals surface area contributed by atoms with Crippen LogP contribution in [0.25, 0.3) is 32.3 Å². The molecule has 0 aliphatic carbocycles. The first-order valence-electron chi connectivity index (χ1n) is 14.7. The number of thioether (sulfide) groups is 1. The van der Waals surface area contributed by atoms with Crippen molar-refractivity contribution < 1.29 is 28.6 Å². The van der Waals surface area contributed by atoms with Crippen molar-refractivity contribution >= 4 is 62.0 Å². The second kappa shape index (κ2) is 12.5. The summed E-state index contributed by atoms with van der Waals surface area (Å²) in [5, 5.41) is 5.38. The van der Waals surface area contributed by atoms with Crippen molar-refractivity contribution in [1.82, 2.24) is 0 Å². The van der Waals surface area contributed by atoms with Crippen LogP contribution < -0.4 is 0 Å². The summed E-state index contributed by atoms with van der Waals surface area (Å²) in [7, 11) is 0. The highest BCUT2D eigenvalue weighted by Gasteiger charge is 2.43. The Morgan fingerprint density at radius 2 is 0.956 bits per heavy atom. The lowest BCUT2D eigenvalue weighted by molar-refractivity contribution is -0.0295. The van der Waals surface area contributed by atoms with Crippen LogP contribution in [0.3, 0.4) is 0 Å². The number of fused-ring (bicyclic) bond motifs is 3. The minimum absolute atomic E-state index is 0.0178. The minimum atomic E-state index is -0.831. The van der Waals surface area contributed by atoms with Crippen LogP contribution in [0.4, 0.5) is 0 Å². The molecule has 6 nitrogen and oxygen atoms in total. The van der Waals surface area contributed by atoms with Crippen molar-refractivity contribution in [2.24, 2.45) is 0 Å². The van der Waals surface area contributed by atoms with Crippen LogP contribution in [-0.2, 0) is 14.2 Å². The van der Waals surface area contributed by atoms with Gasteiger partial charge in [-0.25, -0.2) is 14.4 Å². The molecule has 6 aromatic rings. The third-order valence-corrected chi connectivity index (χ3v) is 9.40. The molecule has 1 fully saturated rings. The summed E-state index contributed by atoms with van der Waals surface area (Å²) < 4.78 is 17.7. The predicted octanol–water partition coefficient (Wildman–Crippen LogP) is 7.87. The summed E-state index contributed by atoms with van der Waals surface area (Å²) in [5.41, 5.74) is 1.22. The molecule has 7 heteroatoms. The fourth-order valence-electron chi connectivity index (χ4n) is 5.63. The smallest absolute Gasteiger partial charge is 0.338 e. The number of hydrogen-bond acceptors (Lipinski definition) is 7. The molecule has 1 aliphatic rings. The second-order valence-corrected chi connectivity index (χ2v) is 12.2. The zero-order valence-electron chi connectivity index (χ0n) is 24.1. The summed E-state index contributed by atoms with van der Waals surface area (Å²) in [5.74, 6) is -1.14. The number of hydrogen-bond donors (Lipinski definition) is 0. The maximum Gasteiger partial charge on any atom is 0.338 e. The Kier molecular flexibility index (Phi) is 7.92. The minimum Gasteiger partial charge on any atom is -0.461 e. The summed E-state index contributed by atoms with van der Waals surface area (Å²) in [6.45, 7) is -0.0178. The standard InChI is InChI=1S/C38H28O6S/c39-36(30-16-13-24-7-1-4-10-27(24)19-30)42-22-34-35(44-38(41)32-18-15-26-9-3-6-12-29(26)21-32)33(23-45-34)43-37(40)31-17-14-25-8-2-5-11-28(25)20-31/h1-21,33-35H,22-23H2/t33-,34-,35-/m1/s1. The summed E-state index contributed by atoms with van der Waals surface area (Å²) in [6.07, 6.45) is -1.56. The molecule has 0 N–H and O–H groups in total. The molecule has 1 heterocycles. The van der Waals surface area contributed by atoms with Crippen LogP contribution in [0.2, 0.25) is 0 Å². The predicted molar refractivity (Wildman–Crippen MR) is 177 cm³/mol. The Hall–Kier alpha value is -5.14. The van der Waals surface area contributed by atoms with Crippen LogP contribution in [0.5, 0.6) is 0 Å². The van der Waals surface area contributed by atoms with Crippen molar-refractivity contribution in [2.75, 3.05) is 12.4 Å². The van der Waals surface area contributed by atoms with E-state index in [1.807, 2.05) is 91.0 Å². The first-order chi connectivity index (χ1) is 22.0. The van der Waals surface area contributed by atoms with Crippen molar-refractivity contribution in [3.05, 3.63) is 144 Å². The van der Waals surface area contributed by atoms with Gasteiger partial charge in [0, 0.05) is 5.75 Å². The molecule has 6 aromatic carbocycles. The van der Waals surface area contributed by atoms with E-state index in [1.54, 1.807) is 36.4 Å². The van der Waals surface area contributed by atoms with E-state index in [2.05, 4.69) is 0 Å². The fourth-order valence-corrected chi connectivity index (χ4v) is 6.91. The molecule has 1 aliphatic heterocycles. The van der Waals surface area contributed by atoms with Crippen LogP contribution in [0, 0.1) is 0 Å². The highest BCUT2D eigenvalue weighted by molar-refractivity contribution is 8.00. The highest BCUT2D eigenvalue weighted by Crippen LogP contribution is 2.34. The zero-order chi connectivity index (χ0) is 30.8. The number of rotatable bonds is 7. The maximum atomic E-state index is 13.4. The van der Waals surface area contributed by atoms with Gasteiger partial charge in [0.2, 0.25) is 0 Å². The molecule has 1 saturated heterocycles. The maximum absolute atomic E-state index is 13.4. The topological polar surface area (TPSA) is 78.9 Å². The van der Waals surface area contributed by atoms with Gasteiger partial charge in [0.25, 0.3) is 0 Å². The van der Waals surface area contributed by atoms with E-state index in [0.29, 0.717) is 22.4 Å². The molecule has 0 radical (unpaired) electrons. The van der Waals surface area contributed by atoms with Gasteiger partial charge in [-0.3, -0.25) is 0 Å². The Balaban J connectivity index is 1.10. The van der Waals surface area contributed by atoms with Gasteiger partial charge < -0.3 is 14.2 Å². The van der Waals surface area contributed by atoms with E-state index in [9.17, 15) is 14.4 Å². The fraction of sp³-hybridized carbons (Fsp3) is 0.132. The average Bonchev–Trinajstić information content (AvgIpc) is 3.46. The molecular weight excluding hydrogens is 584 g/mol. The van der Waals surface area contributed by atoms with E-state index in [-0.39, 0.29) is 6.61 Å². The van der Waals surface area contributed by atoms with Gasteiger partial charge in [-0.2, -0.15) is 0 Å². The first kappa shape index (κ1) is 28.6. The van der Waals surface area contributed by atoms with E-state index in [0.717, 1.165) is 32.3 Å². The van der Waals surface area contributed by atoms with E-state index < -0.39 is 35.4 Å². The Labute approximate surface area is 263 Å². The van der Waals surface area contributed by atoms with E-state index in [1.165, 1.54) is 11.8 Å². The zero-order valence-corrected chi connectivity index (χ0v) is 24.9. The number of ether oxygens (including phenoxy) is 3. The van der Waals surface area contributed by atoms with Crippen LogP contribution >= 0.6 is 11.8 Å². The van der Waals surface area contributed by atoms with Gasteiger partial charge in [-0.05, 0) is 68.7 Å². The largest absolute Gasteiger partial charge is 0.461 e. The van der Waals surface area contributed by atoms with E-state index in [4.69, 9.17) is 14.2 Å². The lowest BCUT2D eigenvalue weighted by Crippen LogP contribution is -2.39. The van der Waals surface area contributed by atoms with Crippen LogP contribution in [0.1, 0.15) is 31.1 Å². The highest BCUT2D eigenvalue weighted by atomic mass is 32.2. The molecule has 0 amide bonds. The number of carbonyl (C=O) groups is 3. The Morgan fingerprint density at radius 3 is 1.44 bits per heavy atom. The average molecular weight is 613 g/mol. The number of carbonyl (C=O) groups excluding carboxylic acids is 3. The SMILES string of the molecule is O=C(OC[C@H]1SC[C@@H](OC(=O)c2ccc3ccccc3c2)[C@H]1OC(=O)c1ccc2ccccc2c1)c1ccc2ccccc2c1. The first-order valence-corrected chi connectivity index (χ1v) is 15.7. The van der Waals surface area contributed by atoms with Crippen molar-refractivity contribution in [3.63, 3.8) is 0 Å². The molecule has 222 valence electrons. The normalized spacial score (nSPS) is 17.7. The van der Waals surface area contributed by atoms with Gasteiger partial charge in [0.05, 0.1) is 21.9 Å². The molecule has 0 bridgehead atoms. The molecule has 7 rings (SSSR count). The quantitative estimate of drug-likeness (QED) is 0.134. The molecule has 0 spiro atoms. The van der Waals surface area contributed by atoms with Gasteiger partial charge in [0.1, 0.15) is 12.7 Å². The van der Waals surface area contributed by atoms with Gasteiger partial charge in [-0.15, -0.1) is 11.8 Å². The monoisotopic (exact) mass is 612 g/mol. The van der Waals surface area contributed by atoms with E-state index >= 15 is 0 Å². The molecule has 0 aromatic heterocycles. The molecule has 45 heavy (non-hydrogen) atoms. The third kappa shape index (κ3) is 6.12. The lowest BCUT2D eigenvalue weighted by atomic mass is 10.1. The third-order valence-electron chi connectivity index (χ3n) is 8.04. The summed E-state index contributed by atoms with van der Waals surface area (Å²) in [4.78, 5) is 39.8. The number of esters is 3. The Morgan fingerprint density at radius 1 is 0.533 bits per heavy atom.